The summed E-state index contributed by atoms with van der Waals surface area (Å²) in [5.74, 6) is -0.318. The third-order valence-electron chi connectivity index (χ3n) is 4.64. The predicted octanol–water partition coefficient (Wildman–Crippen LogP) is 3.68. The fourth-order valence-corrected chi connectivity index (χ4v) is 3.47. The molecule has 30 heavy (non-hydrogen) atoms. The Hall–Kier alpha value is -3.07. The van der Waals surface area contributed by atoms with Crippen molar-refractivity contribution in [2.75, 3.05) is 11.9 Å². The highest BCUT2D eigenvalue weighted by Gasteiger charge is 2.18. The monoisotopic (exact) mass is 473 g/mol. The van der Waals surface area contributed by atoms with E-state index in [1.807, 2.05) is 19.2 Å². The van der Waals surface area contributed by atoms with Crippen LogP contribution in [0.1, 0.15) is 29.7 Å². The molecule has 3 heterocycles. The van der Waals surface area contributed by atoms with E-state index in [0.717, 1.165) is 33.2 Å². The highest BCUT2D eigenvalue weighted by molar-refractivity contribution is 9.10. The summed E-state index contributed by atoms with van der Waals surface area (Å²) in [7, 11) is 1.85. The first kappa shape index (κ1) is 21.6. The number of carbonyl (C=O) groups is 2. The van der Waals surface area contributed by atoms with Gasteiger partial charge in [-0.25, -0.2) is 9.78 Å². The van der Waals surface area contributed by atoms with Gasteiger partial charge in [0.2, 0.25) is 11.9 Å². The molecule has 3 aromatic rings. The molecule has 0 atom stereocenters. The van der Waals surface area contributed by atoms with E-state index in [1.165, 1.54) is 24.0 Å². The van der Waals surface area contributed by atoms with E-state index in [9.17, 15) is 14.0 Å². The third kappa shape index (κ3) is 5.50. The third-order valence-corrected chi connectivity index (χ3v) is 5.13. The number of nitrogens with two attached hydrogens (primary N) is 1. The van der Waals surface area contributed by atoms with E-state index in [1.54, 1.807) is 17.0 Å². The van der Waals surface area contributed by atoms with Gasteiger partial charge in [0.1, 0.15) is 0 Å². The summed E-state index contributed by atoms with van der Waals surface area (Å²) >= 11 is 3.43. The molecule has 0 radical (unpaired) electrons. The van der Waals surface area contributed by atoms with Crippen LogP contribution in [0.15, 0.2) is 53.3 Å². The van der Waals surface area contributed by atoms with Crippen molar-refractivity contribution in [3.05, 3.63) is 76.0 Å². The summed E-state index contributed by atoms with van der Waals surface area (Å²) in [5.41, 5.74) is 8.66. The van der Waals surface area contributed by atoms with Crippen molar-refractivity contribution in [1.29, 1.82) is 0 Å². The Bertz CT molecular complexity index is 1070. The maximum atomic E-state index is 12.8. The summed E-state index contributed by atoms with van der Waals surface area (Å²) in [6.45, 7) is 0. The number of amides is 2. The molecule has 0 unspecified atom stereocenters. The molecule has 0 aliphatic carbocycles. The largest absolute Gasteiger partial charge is 0.350 e. The van der Waals surface area contributed by atoms with Gasteiger partial charge in [0, 0.05) is 41.9 Å². The molecule has 0 bridgehead atoms. The minimum absolute atomic E-state index is 0.210. The molecule has 1 aliphatic heterocycles. The fraction of sp³-hybridized carbons (Fsp3) is 0.238. The molecule has 9 heteroatoms. The molecule has 1 aromatic carbocycles. The number of anilines is 1. The van der Waals surface area contributed by atoms with Crippen LogP contribution in [-0.4, -0.2) is 33.8 Å². The van der Waals surface area contributed by atoms with Gasteiger partial charge in [0.15, 0.2) is 0 Å². The van der Waals surface area contributed by atoms with Gasteiger partial charge in [-0.15, -0.1) is 0 Å². The Kier molecular flexibility index (Phi) is 6.94. The number of pyridine rings is 1. The Balaban J connectivity index is 0.000000172. The Morgan fingerprint density at radius 3 is 2.77 bits per heavy atom. The number of aromatic nitrogens is 3. The molecule has 0 saturated carbocycles. The minimum Gasteiger partial charge on any atom is -0.350 e. The molecule has 0 saturated heterocycles. The highest BCUT2D eigenvalue weighted by Crippen LogP contribution is 2.28. The maximum absolute atomic E-state index is 12.8. The van der Waals surface area contributed by atoms with Crippen LogP contribution < -0.4 is 10.6 Å². The molecule has 4 rings (SSSR count). The first-order chi connectivity index (χ1) is 14.3. The number of hydrogen-bond acceptors (Lipinski definition) is 4. The molecule has 2 N–H and O–H groups in total. The Labute approximate surface area is 181 Å². The first-order valence-corrected chi connectivity index (χ1v) is 10.1. The zero-order chi connectivity index (χ0) is 21.7. The summed E-state index contributed by atoms with van der Waals surface area (Å²) in [6.07, 6.45) is 6.01. The minimum atomic E-state index is -0.654. The van der Waals surface area contributed by atoms with Crippen LogP contribution in [0.3, 0.4) is 0 Å². The van der Waals surface area contributed by atoms with Crippen molar-refractivity contribution < 1.29 is 14.0 Å². The van der Waals surface area contributed by atoms with Crippen LogP contribution >= 0.6 is 15.9 Å². The second-order valence-electron chi connectivity index (χ2n) is 6.84. The summed E-state index contributed by atoms with van der Waals surface area (Å²) in [4.78, 5) is 27.8. The molecule has 2 aromatic heterocycles. The van der Waals surface area contributed by atoms with E-state index < -0.39 is 12.0 Å². The molecule has 2 amide bonds. The number of fused-ring (bicyclic) bond motifs is 1. The number of primary amides is 1. The van der Waals surface area contributed by atoms with Crippen LogP contribution in [0.5, 0.6) is 0 Å². The number of halogens is 2. The van der Waals surface area contributed by atoms with E-state index in [0.29, 0.717) is 18.5 Å². The molecule has 0 spiro atoms. The average molecular weight is 474 g/mol. The second-order valence-corrected chi connectivity index (χ2v) is 7.75. The van der Waals surface area contributed by atoms with Crippen LogP contribution in [-0.2, 0) is 17.6 Å². The number of benzene rings is 1. The number of nitrogens with zero attached hydrogens (tertiary/aromatic N) is 4. The summed E-state index contributed by atoms with van der Waals surface area (Å²) < 4.78 is 14.8. The lowest BCUT2D eigenvalue weighted by molar-refractivity contribution is -0.118. The fourth-order valence-electron chi connectivity index (χ4n) is 3.12. The SMILES string of the molecule is CN1C(=O)CCCc2ccc(Br)cc21.NC(=O)n1cc(Cc2cccc(F)n2)cn1. The van der Waals surface area contributed by atoms with E-state index in [2.05, 4.69) is 32.1 Å². The first-order valence-electron chi connectivity index (χ1n) is 9.33. The van der Waals surface area contributed by atoms with Gasteiger partial charge >= 0.3 is 6.03 Å². The smallest absolute Gasteiger partial charge is 0.339 e. The zero-order valence-electron chi connectivity index (χ0n) is 16.4. The molecule has 1 aliphatic rings. The summed E-state index contributed by atoms with van der Waals surface area (Å²) in [5, 5.41) is 3.75. The van der Waals surface area contributed by atoms with Crippen LogP contribution in [0.2, 0.25) is 0 Å². The normalized spacial score (nSPS) is 13.2. The number of rotatable bonds is 2. The highest BCUT2D eigenvalue weighted by atomic mass is 79.9. The van der Waals surface area contributed by atoms with Crippen molar-refractivity contribution in [2.24, 2.45) is 5.73 Å². The Morgan fingerprint density at radius 1 is 1.27 bits per heavy atom. The van der Waals surface area contributed by atoms with Crippen molar-refractivity contribution >= 4 is 33.6 Å². The topological polar surface area (TPSA) is 94.1 Å². The van der Waals surface area contributed by atoms with Gasteiger partial charge < -0.3 is 10.6 Å². The van der Waals surface area contributed by atoms with Crippen molar-refractivity contribution in [3.63, 3.8) is 0 Å². The van der Waals surface area contributed by atoms with Gasteiger partial charge in [0.25, 0.3) is 0 Å². The van der Waals surface area contributed by atoms with Gasteiger partial charge in [-0.2, -0.15) is 14.2 Å². The maximum Gasteiger partial charge on any atom is 0.339 e. The molecular formula is C21H21BrFN5O2. The lowest BCUT2D eigenvalue weighted by Gasteiger charge is -2.17. The van der Waals surface area contributed by atoms with E-state index >= 15 is 0 Å². The Morgan fingerprint density at radius 2 is 2.07 bits per heavy atom. The lowest BCUT2D eigenvalue weighted by atomic mass is 10.1. The van der Waals surface area contributed by atoms with E-state index in [-0.39, 0.29) is 5.91 Å². The van der Waals surface area contributed by atoms with Gasteiger partial charge in [-0.1, -0.05) is 28.1 Å². The van der Waals surface area contributed by atoms with Crippen LogP contribution in [0, 0.1) is 5.95 Å². The zero-order valence-corrected chi connectivity index (χ0v) is 18.0. The standard InChI is InChI=1S/C11H12BrNO.C10H9FN4O/c1-13-10-7-9(12)6-5-8(10)3-2-4-11(13)14;11-9-3-1-2-8(14-9)4-7-5-13-15(6-7)10(12)16/h5-7H,2-4H2,1H3;1-3,5-6H,4H2,(H2,12,16). The lowest BCUT2D eigenvalue weighted by Crippen LogP contribution is -2.24. The quantitative estimate of drug-likeness (QED) is 0.574. The number of aryl methyl sites for hydroxylation is 1. The van der Waals surface area contributed by atoms with Gasteiger partial charge in [-0.3, -0.25) is 4.79 Å². The van der Waals surface area contributed by atoms with Crippen LogP contribution in [0.4, 0.5) is 14.9 Å². The van der Waals surface area contributed by atoms with Crippen LogP contribution in [0.25, 0.3) is 0 Å². The molecular weight excluding hydrogens is 453 g/mol. The van der Waals surface area contributed by atoms with Crippen molar-refractivity contribution in [1.82, 2.24) is 14.8 Å². The van der Waals surface area contributed by atoms with Crippen molar-refractivity contribution in [2.45, 2.75) is 25.7 Å². The van der Waals surface area contributed by atoms with E-state index in [4.69, 9.17) is 5.73 Å². The number of hydrogen-bond donors (Lipinski definition) is 1. The molecule has 156 valence electrons. The molecule has 0 fully saturated rings. The van der Waals surface area contributed by atoms with Crippen molar-refractivity contribution in [3.8, 4) is 0 Å². The average Bonchev–Trinajstić information content (AvgIpc) is 3.12. The predicted molar refractivity (Wildman–Crippen MR) is 115 cm³/mol. The molecule has 7 nitrogen and oxygen atoms in total. The summed E-state index contributed by atoms with van der Waals surface area (Å²) in [6, 6.07) is 10.0. The van der Waals surface area contributed by atoms with Gasteiger partial charge in [0.05, 0.1) is 6.20 Å². The second kappa shape index (κ2) is 9.62. The number of carbonyl (C=O) groups excluding carboxylic acids is 2. The van der Waals surface area contributed by atoms with Gasteiger partial charge in [-0.05, 0) is 48.2 Å².